The standard InChI is InChI=1S/C22H34N2O3/c1-17(27-19-11-9-10-18(16-19)22(2,3)4)21(26)23-13-12-20(25)24-14-7-5-6-8-15-24/h9-11,16-17H,5-8,12-15H2,1-4H3,(H,23,26). The molecule has 1 aromatic rings. The Morgan fingerprint density at radius 2 is 1.81 bits per heavy atom. The number of benzene rings is 1. The molecule has 2 amide bonds. The lowest BCUT2D eigenvalue weighted by Gasteiger charge is -2.21. The molecule has 1 atom stereocenters. The van der Waals surface area contributed by atoms with Crippen LogP contribution in [0.5, 0.6) is 5.75 Å². The van der Waals surface area contributed by atoms with E-state index < -0.39 is 6.10 Å². The number of carbonyl (C=O) groups is 2. The van der Waals surface area contributed by atoms with Crippen LogP contribution in [0.4, 0.5) is 0 Å². The molecule has 0 radical (unpaired) electrons. The van der Waals surface area contributed by atoms with Crippen molar-refractivity contribution in [3.05, 3.63) is 29.8 Å². The fourth-order valence-corrected chi connectivity index (χ4v) is 3.21. The molecule has 150 valence electrons. The van der Waals surface area contributed by atoms with E-state index in [4.69, 9.17) is 4.74 Å². The van der Waals surface area contributed by atoms with Crippen LogP contribution in [0.3, 0.4) is 0 Å². The molecule has 1 saturated heterocycles. The van der Waals surface area contributed by atoms with Crippen molar-refractivity contribution in [2.75, 3.05) is 19.6 Å². The van der Waals surface area contributed by atoms with Gasteiger partial charge in [-0.25, -0.2) is 0 Å². The summed E-state index contributed by atoms with van der Waals surface area (Å²) in [6.07, 6.45) is 4.30. The number of ether oxygens (including phenoxy) is 1. The largest absolute Gasteiger partial charge is 0.481 e. The van der Waals surface area contributed by atoms with Crippen molar-refractivity contribution in [2.24, 2.45) is 0 Å². The molecular weight excluding hydrogens is 340 g/mol. The number of carbonyl (C=O) groups excluding carboxylic acids is 2. The Morgan fingerprint density at radius 1 is 1.15 bits per heavy atom. The van der Waals surface area contributed by atoms with Crippen molar-refractivity contribution in [1.82, 2.24) is 10.2 Å². The normalized spacial score (nSPS) is 16.4. The van der Waals surface area contributed by atoms with Crippen molar-refractivity contribution >= 4 is 11.8 Å². The summed E-state index contributed by atoms with van der Waals surface area (Å²) in [5.74, 6) is 0.620. The van der Waals surface area contributed by atoms with Crippen LogP contribution in [0, 0.1) is 0 Å². The van der Waals surface area contributed by atoms with E-state index in [-0.39, 0.29) is 17.2 Å². The van der Waals surface area contributed by atoms with E-state index in [1.165, 1.54) is 12.8 Å². The van der Waals surface area contributed by atoms with Gasteiger partial charge in [-0.3, -0.25) is 9.59 Å². The van der Waals surface area contributed by atoms with E-state index >= 15 is 0 Å². The SMILES string of the molecule is CC(Oc1cccc(C(C)(C)C)c1)C(=O)NCCC(=O)N1CCCCCC1. The van der Waals surface area contributed by atoms with Crippen LogP contribution in [0.25, 0.3) is 0 Å². The minimum Gasteiger partial charge on any atom is -0.481 e. The van der Waals surface area contributed by atoms with E-state index in [2.05, 4.69) is 32.2 Å². The summed E-state index contributed by atoms with van der Waals surface area (Å²) in [4.78, 5) is 26.5. The summed E-state index contributed by atoms with van der Waals surface area (Å²) in [6.45, 7) is 10.2. The number of hydrogen-bond donors (Lipinski definition) is 1. The maximum absolute atomic E-state index is 12.3. The van der Waals surface area contributed by atoms with Gasteiger partial charge in [0.05, 0.1) is 0 Å². The molecule has 27 heavy (non-hydrogen) atoms. The van der Waals surface area contributed by atoms with Crippen LogP contribution in [-0.2, 0) is 15.0 Å². The second kappa shape index (κ2) is 9.77. The Balaban J connectivity index is 1.78. The van der Waals surface area contributed by atoms with Gasteiger partial charge in [0.2, 0.25) is 5.91 Å². The van der Waals surface area contributed by atoms with Gasteiger partial charge in [-0.05, 0) is 42.9 Å². The Bertz CT molecular complexity index is 629. The van der Waals surface area contributed by atoms with Gasteiger partial charge in [0.1, 0.15) is 5.75 Å². The second-order valence-electron chi connectivity index (χ2n) is 8.37. The molecule has 0 aromatic heterocycles. The second-order valence-corrected chi connectivity index (χ2v) is 8.37. The highest BCUT2D eigenvalue weighted by Crippen LogP contribution is 2.26. The first kappa shape index (κ1) is 21.3. The Kier molecular flexibility index (Phi) is 7.69. The highest BCUT2D eigenvalue weighted by atomic mass is 16.5. The predicted molar refractivity (Wildman–Crippen MR) is 108 cm³/mol. The fraction of sp³-hybridized carbons (Fsp3) is 0.636. The van der Waals surface area contributed by atoms with Crippen LogP contribution in [0.1, 0.15) is 65.4 Å². The third-order valence-electron chi connectivity index (χ3n) is 4.98. The number of rotatable bonds is 6. The number of hydrogen-bond acceptors (Lipinski definition) is 3. The molecule has 0 saturated carbocycles. The average Bonchev–Trinajstić information content (AvgIpc) is 2.90. The van der Waals surface area contributed by atoms with Gasteiger partial charge in [-0.15, -0.1) is 0 Å². The molecule has 5 heteroatoms. The van der Waals surface area contributed by atoms with E-state index in [1.54, 1.807) is 6.92 Å². The van der Waals surface area contributed by atoms with Gasteiger partial charge in [0, 0.05) is 26.1 Å². The Hall–Kier alpha value is -2.04. The lowest BCUT2D eigenvalue weighted by molar-refractivity contribution is -0.131. The maximum atomic E-state index is 12.3. The topological polar surface area (TPSA) is 58.6 Å². The Morgan fingerprint density at radius 3 is 2.44 bits per heavy atom. The summed E-state index contributed by atoms with van der Waals surface area (Å²) in [7, 11) is 0. The smallest absolute Gasteiger partial charge is 0.260 e. The molecule has 0 bridgehead atoms. The molecule has 1 heterocycles. The first-order valence-corrected chi connectivity index (χ1v) is 10.1. The monoisotopic (exact) mass is 374 g/mol. The highest BCUT2D eigenvalue weighted by molar-refractivity contribution is 5.82. The zero-order valence-electron chi connectivity index (χ0n) is 17.2. The third kappa shape index (κ3) is 6.89. The molecule has 1 unspecified atom stereocenters. The number of nitrogens with zero attached hydrogens (tertiary/aromatic N) is 1. The number of amides is 2. The van der Waals surface area contributed by atoms with E-state index in [0.717, 1.165) is 31.5 Å². The van der Waals surface area contributed by atoms with Crippen LogP contribution in [0.2, 0.25) is 0 Å². The van der Waals surface area contributed by atoms with Gasteiger partial charge in [0.15, 0.2) is 6.10 Å². The summed E-state index contributed by atoms with van der Waals surface area (Å²) in [5, 5.41) is 2.82. The summed E-state index contributed by atoms with van der Waals surface area (Å²) < 4.78 is 5.79. The Labute approximate surface area is 163 Å². The van der Waals surface area contributed by atoms with Gasteiger partial charge in [-0.2, -0.15) is 0 Å². The lowest BCUT2D eigenvalue weighted by atomic mass is 9.87. The molecular formula is C22H34N2O3. The fourth-order valence-electron chi connectivity index (χ4n) is 3.21. The molecule has 1 aliphatic heterocycles. The summed E-state index contributed by atoms with van der Waals surface area (Å²) in [5.41, 5.74) is 1.19. The zero-order valence-corrected chi connectivity index (χ0v) is 17.2. The van der Waals surface area contributed by atoms with Crippen LogP contribution in [0.15, 0.2) is 24.3 Å². The minimum absolute atomic E-state index is 0.0264. The summed E-state index contributed by atoms with van der Waals surface area (Å²) in [6, 6.07) is 7.85. The molecule has 1 aliphatic rings. The first-order valence-electron chi connectivity index (χ1n) is 10.1. The number of likely N-dealkylation sites (tertiary alicyclic amines) is 1. The molecule has 1 N–H and O–H groups in total. The van der Waals surface area contributed by atoms with Crippen LogP contribution in [-0.4, -0.2) is 42.5 Å². The molecule has 1 fully saturated rings. The van der Waals surface area contributed by atoms with Crippen molar-refractivity contribution in [3.63, 3.8) is 0 Å². The maximum Gasteiger partial charge on any atom is 0.260 e. The van der Waals surface area contributed by atoms with Crippen LogP contribution < -0.4 is 10.1 Å². The zero-order chi connectivity index (χ0) is 19.9. The van der Waals surface area contributed by atoms with Gasteiger partial charge >= 0.3 is 0 Å². The molecule has 1 aromatic carbocycles. The first-order chi connectivity index (χ1) is 12.8. The molecule has 0 spiro atoms. The van der Waals surface area contributed by atoms with E-state index in [0.29, 0.717) is 18.7 Å². The van der Waals surface area contributed by atoms with E-state index in [1.807, 2.05) is 23.1 Å². The van der Waals surface area contributed by atoms with Crippen molar-refractivity contribution in [2.45, 2.75) is 71.3 Å². The minimum atomic E-state index is -0.603. The lowest BCUT2D eigenvalue weighted by Crippen LogP contribution is -2.39. The van der Waals surface area contributed by atoms with Crippen molar-refractivity contribution in [3.8, 4) is 5.75 Å². The van der Waals surface area contributed by atoms with Gasteiger partial charge < -0.3 is 15.0 Å². The average molecular weight is 375 g/mol. The molecule has 2 rings (SSSR count). The summed E-state index contributed by atoms with van der Waals surface area (Å²) >= 11 is 0. The van der Waals surface area contributed by atoms with Crippen LogP contribution >= 0.6 is 0 Å². The highest BCUT2D eigenvalue weighted by Gasteiger charge is 2.19. The third-order valence-corrected chi connectivity index (χ3v) is 4.98. The predicted octanol–water partition coefficient (Wildman–Crippen LogP) is 3.66. The van der Waals surface area contributed by atoms with Gasteiger partial charge in [-0.1, -0.05) is 45.7 Å². The quantitative estimate of drug-likeness (QED) is 0.827. The number of nitrogens with one attached hydrogen (secondary N) is 1. The van der Waals surface area contributed by atoms with Gasteiger partial charge in [0.25, 0.3) is 5.91 Å². The van der Waals surface area contributed by atoms with E-state index in [9.17, 15) is 9.59 Å². The molecule has 5 nitrogen and oxygen atoms in total. The van der Waals surface area contributed by atoms with Crippen molar-refractivity contribution in [1.29, 1.82) is 0 Å². The molecule has 0 aliphatic carbocycles. The van der Waals surface area contributed by atoms with Crippen molar-refractivity contribution < 1.29 is 14.3 Å².